The molecule has 1 unspecified atom stereocenters. The zero-order valence-electron chi connectivity index (χ0n) is 15.5. The lowest BCUT2D eigenvalue weighted by Crippen LogP contribution is -2.52. The van der Waals surface area contributed by atoms with E-state index in [1.165, 1.54) is 0 Å². The molecule has 0 spiro atoms. The van der Waals surface area contributed by atoms with Crippen molar-refractivity contribution in [1.29, 1.82) is 0 Å². The number of piperidine rings is 1. The van der Waals surface area contributed by atoms with Crippen molar-refractivity contribution < 1.29 is 14.4 Å². The fourth-order valence-corrected chi connectivity index (χ4v) is 4.11. The van der Waals surface area contributed by atoms with Crippen LogP contribution in [0.3, 0.4) is 0 Å². The minimum absolute atomic E-state index is 0.188. The number of rotatable bonds is 2. The molecule has 2 aliphatic heterocycles. The standard InChI is InChI=1S/C22H18N4O3/c23-20-15-4-2-1-3-12(15)10-17(24-20)13-5-6-16-14(9-13)11-26(22(16)29)18-7-8-19(27)25-21(18)28/h1-6,9-10,18H,7-8,11H2,(H2,23,24)(H,25,27,28). The van der Waals surface area contributed by atoms with Crippen LogP contribution in [-0.2, 0) is 16.1 Å². The summed E-state index contributed by atoms with van der Waals surface area (Å²) in [6.07, 6.45) is 0.585. The number of anilines is 1. The van der Waals surface area contributed by atoms with E-state index < -0.39 is 11.9 Å². The Morgan fingerprint density at radius 2 is 1.90 bits per heavy atom. The average Bonchev–Trinajstić information content (AvgIpc) is 3.04. The predicted molar refractivity (Wildman–Crippen MR) is 108 cm³/mol. The summed E-state index contributed by atoms with van der Waals surface area (Å²) in [5.74, 6) is -0.434. The Hall–Kier alpha value is -3.74. The molecule has 3 aromatic rings. The predicted octanol–water partition coefficient (Wildman–Crippen LogP) is 2.25. The minimum Gasteiger partial charge on any atom is -0.383 e. The van der Waals surface area contributed by atoms with Crippen LogP contribution < -0.4 is 11.1 Å². The molecule has 1 saturated heterocycles. The van der Waals surface area contributed by atoms with Gasteiger partial charge in [0.05, 0.1) is 5.69 Å². The number of imide groups is 1. The Morgan fingerprint density at radius 1 is 1.07 bits per heavy atom. The van der Waals surface area contributed by atoms with Crippen LogP contribution in [0.15, 0.2) is 48.5 Å². The highest BCUT2D eigenvalue weighted by Gasteiger charge is 2.39. The van der Waals surface area contributed by atoms with Crippen LogP contribution in [0.1, 0.15) is 28.8 Å². The number of fused-ring (bicyclic) bond motifs is 2. The Morgan fingerprint density at radius 3 is 2.72 bits per heavy atom. The Kier molecular flexibility index (Phi) is 3.84. The molecular formula is C22H18N4O3. The SMILES string of the molecule is Nc1nc(-c2ccc3c(c2)CN(C2CCC(=O)NC2=O)C3=O)cc2ccccc12. The van der Waals surface area contributed by atoms with E-state index in [1.807, 2.05) is 42.5 Å². The molecule has 1 fully saturated rings. The maximum atomic E-state index is 12.8. The van der Waals surface area contributed by atoms with Crippen molar-refractivity contribution in [3.05, 3.63) is 59.7 Å². The highest BCUT2D eigenvalue weighted by atomic mass is 16.2. The topological polar surface area (TPSA) is 105 Å². The third-order valence-electron chi connectivity index (χ3n) is 5.59. The summed E-state index contributed by atoms with van der Waals surface area (Å²) in [4.78, 5) is 42.5. The second-order valence-corrected chi connectivity index (χ2v) is 7.39. The summed E-state index contributed by atoms with van der Waals surface area (Å²) in [5, 5.41) is 4.22. The first-order chi connectivity index (χ1) is 14.0. The number of carbonyl (C=O) groups excluding carboxylic acids is 3. The Labute approximate surface area is 166 Å². The smallest absolute Gasteiger partial charge is 0.255 e. The quantitative estimate of drug-likeness (QED) is 0.657. The van der Waals surface area contributed by atoms with Gasteiger partial charge in [0.2, 0.25) is 11.8 Å². The molecule has 2 aromatic carbocycles. The van der Waals surface area contributed by atoms with Gasteiger partial charge >= 0.3 is 0 Å². The molecule has 7 heteroatoms. The Bertz CT molecular complexity index is 1200. The van der Waals surface area contributed by atoms with Crippen molar-refractivity contribution >= 4 is 34.3 Å². The lowest BCUT2D eigenvalue weighted by atomic mass is 10.0. The van der Waals surface area contributed by atoms with Gasteiger partial charge in [0, 0.05) is 29.5 Å². The molecular weight excluding hydrogens is 368 g/mol. The van der Waals surface area contributed by atoms with Gasteiger partial charge in [-0.3, -0.25) is 19.7 Å². The molecule has 0 radical (unpaired) electrons. The summed E-state index contributed by atoms with van der Waals surface area (Å²) in [7, 11) is 0. The molecule has 2 aliphatic rings. The van der Waals surface area contributed by atoms with Crippen LogP contribution in [0.5, 0.6) is 0 Å². The highest BCUT2D eigenvalue weighted by Crippen LogP contribution is 2.32. The largest absolute Gasteiger partial charge is 0.383 e. The molecule has 1 atom stereocenters. The van der Waals surface area contributed by atoms with Crippen LogP contribution in [0.25, 0.3) is 22.0 Å². The van der Waals surface area contributed by atoms with Gasteiger partial charge in [-0.15, -0.1) is 0 Å². The van der Waals surface area contributed by atoms with Gasteiger partial charge in [0.1, 0.15) is 11.9 Å². The first-order valence-corrected chi connectivity index (χ1v) is 9.44. The van der Waals surface area contributed by atoms with Crippen LogP contribution in [0.2, 0.25) is 0 Å². The number of nitrogens with two attached hydrogens (primary N) is 1. The second kappa shape index (κ2) is 6.41. The van der Waals surface area contributed by atoms with E-state index in [1.54, 1.807) is 11.0 Å². The monoisotopic (exact) mass is 386 g/mol. The van der Waals surface area contributed by atoms with Crippen LogP contribution in [0, 0.1) is 0 Å². The van der Waals surface area contributed by atoms with Gasteiger partial charge in [-0.05, 0) is 35.6 Å². The molecule has 3 N–H and O–H groups in total. The summed E-state index contributed by atoms with van der Waals surface area (Å²) < 4.78 is 0. The molecule has 3 heterocycles. The number of hydrogen-bond donors (Lipinski definition) is 2. The lowest BCUT2D eigenvalue weighted by Gasteiger charge is -2.29. The number of amides is 3. The number of nitrogens with one attached hydrogen (secondary N) is 1. The Balaban J connectivity index is 1.49. The van der Waals surface area contributed by atoms with E-state index in [9.17, 15) is 14.4 Å². The van der Waals surface area contributed by atoms with E-state index in [2.05, 4.69) is 10.3 Å². The number of pyridine rings is 1. The van der Waals surface area contributed by atoms with Crippen molar-refractivity contribution in [1.82, 2.24) is 15.2 Å². The number of nitrogen functional groups attached to an aromatic ring is 1. The zero-order valence-corrected chi connectivity index (χ0v) is 15.5. The molecule has 3 amide bonds. The summed E-state index contributed by atoms with van der Waals surface area (Å²) in [5.41, 5.74) is 9.14. The van der Waals surface area contributed by atoms with E-state index in [4.69, 9.17) is 5.73 Å². The average molecular weight is 386 g/mol. The molecule has 5 rings (SSSR count). The molecule has 1 aromatic heterocycles. The van der Waals surface area contributed by atoms with Gasteiger partial charge in [-0.25, -0.2) is 4.98 Å². The van der Waals surface area contributed by atoms with Crippen molar-refractivity contribution in [3.8, 4) is 11.3 Å². The molecule has 0 bridgehead atoms. The number of hydrogen-bond acceptors (Lipinski definition) is 5. The van der Waals surface area contributed by atoms with Gasteiger partial charge in [0.15, 0.2) is 0 Å². The van der Waals surface area contributed by atoms with Gasteiger partial charge in [-0.1, -0.05) is 30.3 Å². The first kappa shape index (κ1) is 17.4. The van der Waals surface area contributed by atoms with Crippen molar-refractivity contribution in [2.45, 2.75) is 25.4 Å². The molecule has 0 saturated carbocycles. The number of benzene rings is 2. The lowest BCUT2D eigenvalue weighted by molar-refractivity contribution is -0.136. The van der Waals surface area contributed by atoms with E-state index in [0.29, 0.717) is 24.3 Å². The van der Waals surface area contributed by atoms with Crippen molar-refractivity contribution in [3.63, 3.8) is 0 Å². The second-order valence-electron chi connectivity index (χ2n) is 7.39. The van der Waals surface area contributed by atoms with Crippen LogP contribution >= 0.6 is 0 Å². The normalized spacial score (nSPS) is 18.8. The summed E-state index contributed by atoms with van der Waals surface area (Å²) in [6, 6.07) is 14.7. The van der Waals surface area contributed by atoms with Gasteiger partial charge in [-0.2, -0.15) is 0 Å². The molecule has 144 valence electrons. The summed E-state index contributed by atoms with van der Waals surface area (Å²) >= 11 is 0. The fourth-order valence-electron chi connectivity index (χ4n) is 4.11. The first-order valence-electron chi connectivity index (χ1n) is 9.44. The van der Waals surface area contributed by atoms with Crippen molar-refractivity contribution in [2.75, 3.05) is 5.73 Å². The third-order valence-corrected chi connectivity index (χ3v) is 5.59. The van der Waals surface area contributed by atoms with Gasteiger partial charge < -0.3 is 10.6 Å². The number of carbonyl (C=O) groups is 3. The van der Waals surface area contributed by atoms with Gasteiger partial charge in [0.25, 0.3) is 5.91 Å². The van der Waals surface area contributed by atoms with E-state index in [-0.39, 0.29) is 18.2 Å². The van der Waals surface area contributed by atoms with Crippen LogP contribution in [-0.4, -0.2) is 33.6 Å². The summed E-state index contributed by atoms with van der Waals surface area (Å²) in [6.45, 7) is 0.331. The molecule has 0 aliphatic carbocycles. The zero-order chi connectivity index (χ0) is 20.1. The number of aromatic nitrogens is 1. The maximum Gasteiger partial charge on any atom is 0.255 e. The van der Waals surface area contributed by atoms with E-state index in [0.717, 1.165) is 27.6 Å². The molecule has 7 nitrogen and oxygen atoms in total. The number of nitrogens with zero attached hydrogens (tertiary/aromatic N) is 2. The van der Waals surface area contributed by atoms with Crippen molar-refractivity contribution in [2.24, 2.45) is 0 Å². The third kappa shape index (κ3) is 2.82. The molecule has 29 heavy (non-hydrogen) atoms. The van der Waals surface area contributed by atoms with E-state index >= 15 is 0 Å². The van der Waals surface area contributed by atoms with Crippen LogP contribution in [0.4, 0.5) is 5.82 Å². The maximum absolute atomic E-state index is 12.8. The minimum atomic E-state index is -0.620. The fraction of sp³-hybridized carbons (Fsp3) is 0.182. The highest BCUT2D eigenvalue weighted by molar-refractivity contribution is 6.05.